The van der Waals surface area contributed by atoms with E-state index in [1.54, 1.807) is 0 Å². The number of thioether (sulfide) groups is 1. The van der Waals surface area contributed by atoms with Crippen molar-refractivity contribution in [1.29, 1.82) is 0 Å². The SMILES string of the molecule is Cc1cccc(Nc2nc(C(N)(S[N+](=O)[O-])SC(F)(Cl)Br)nc3nc[nH]c23)c1C. The van der Waals surface area contributed by atoms with Crippen molar-refractivity contribution >= 4 is 73.9 Å². The number of halogens is 3. The maximum atomic E-state index is 14.1. The first-order chi connectivity index (χ1) is 13.5. The topological polar surface area (TPSA) is 136 Å². The molecule has 2 unspecified atom stereocenters. The summed E-state index contributed by atoms with van der Waals surface area (Å²) in [6.45, 7) is 3.90. The van der Waals surface area contributed by atoms with Crippen LogP contribution in [0.25, 0.3) is 11.2 Å². The molecule has 0 saturated carbocycles. The van der Waals surface area contributed by atoms with Crippen LogP contribution in [0.1, 0.15) is 17.0 Å². The molecule has 2 atom stereocenters. The molecule has 9 nitrogen and oxygen atoms in total. The summed E-state index contributed by atoms with van der Waals surface area (Å²) in [5.74, 6) is 0.0582. The molecule has 0 fully saturated rings. The van der Waals surface area contributed by atoms with Gasteiger partial charge in [0.05, 0.1) is 6.33 Å². The predicted molar refractivity (Wildman–Crippen MR) is 118 cm³/mol. The molecule has 2 heterocycles. The minimum Gasteiger partial charge on any atom is -0.340 e. The third-order valence-electron chi connectivity index (χ3n) is 3.93. The van der Waals surface area contributed by atoms with Gasteiger partial charge in [-0.15, -0.1) is 0 Å². The van der Waals surface area contributed by atoms with Crippen LogP contribution in [0, 0.1) is 24.0 Å². The number of H-pyrrole nitrogens is 1. The van der Waals surface area contributed by atoms with Gasteiger partial charge in [-0.2, -0.15) is 0 Å². The molecule has 14 heteroatoms. The fourth-order valence-corrected chi connectivity index (χ4v) is 5.67. The van der Waals surface area contributed by atoms with Crippen LogP contribution in [-0.2, 0) is 4.20 Å². The minimum atomic E-state index is -2.57. The lowest BCUT2D eigenvalue weighted by Gasteiger charge is -2.24. The highest BCUT2D eigenvalue weighted by atomic mass is 79.9. The Hall–Kier alpha value is -1.67. The second-order valence-corrected chi connectivity index (χ2v) is 11.5. The van der Waals surface area contributed by atoms with E-state index in [9.17, 15) is 14.5 Å². The number of alkyl halides is 3. The number of nitrogens with one attached hydrogen (secondary N) is 2. The number of anilines is 2. The van der Waals surface area contributed by atoms with E-state index in [0.29, 0.717) is 5.52 Å². The number of fused-ring (bicyclic) bond motifs is 1. The van der Waals surface area contributed by atoms with Gasteiger partial charge in [-0.3, -0.25) is 15.8 Å². The molecular weight excluding hydrogens is 509 g/mol. The van der Waals surface area contributed by atoms with Gasteiger partial charge in [0.2, 0.25) is 4.20 Å². The summed E-state index contributed by atoms with van der Waals surface area (Å²) in [6.07, 6.45) is 1.40. The third kappa shape index (κ3) is 5.09. The third-order valence-corrected chi connectivity index (χ3v) is 6.44. The Morgan fingerprint density at radius 1 is 1.41 bits per heavy atom. The first-order valence-corrected chi connectivity index (χ1v) is 10.7. The predicted octanol–water partition coefficient (Wildman–Crippen LogP) is 4.65. The van der Waals surface area contributed by atoms with Crippen molar-refractivity contribution in [3.05, 3.63) is 51.6 Å². The first kappa shape index (κ1) is 22.0. The molecule has 0 aliphatic heterocycles. The molecule has 29 heavy (non-hydrogen) atoms. The average Bonchev–Trinajstić information content (AvgIpc) is 3.05. The van der Waals surface area contributed by atoms with Crippen LogP contribution in [0.15, 0.2) is 24.5 Å². The molecule has 154 valence electrons. The van der Waals surface area contributed by atoms with Crippen LogP contribution in [0.5, 0.6) is 0 Å². The van der Waals surface area contributed by atoms with Crippen molar-refractivity contribution < 1.29 is 8.72 Å². The highest BCUT2D eigenvalue weighted by Crippen LogP contribution is 2.52. The fraction of sp³-hybridized carbons (Fsp3) is 0.267. The van der Waals surface area contributed by atoms with E-state index in [0.717, 1.165) is 16.8 Å². The summed E-state index contributed by atoms with van der Waals surface area (Å²) in [5, 5.41) is 14.3. The number of hydrogen-bond donors (Lipinski definition) is 3. The van der Waals surface area contributed by atoms with E-state index in [1.165, 1.54) is 6.33 Å². The molecule has 3 rings (SSSR count). The summed E-state index contributed by atoms with van der Waals surface area (Å²) in [4.78, 5) is 26.7. The monoisotopic (exact) mass is 521 g/mol. The lowest BCUT2D eigenvalue weighted by atomic mass is 10.1. The number of aromatic nitrogens is 4. The standard InChI is InChI=1S/C15H14BrClFN7O2S2/c1-7-4-3-5-9(8(7)2)22-12-10-11(21-6-20-10)23-13(24-12)14(19,29-25(26)27)28-15(16,17)18/h3-6H,19H2,1-2H3,(H2,20,21,22,23,24). The van der Waals surface area contributed by atoms with Crippen LogP contribution >= 0.6 is 51.2 Å². The Balaban J connectivity index is 2.13. The molecule has 0 saturated heterocycles. The van der Waals surface area contributed by atoms with Gasteiger partial charge in [0, 0.05) is 5.69 Å². The smallest absolute Gasteiger partial charge is 0.287 e. The zero-order valence-electron chi connectivity index (χ0n) is 14.9. The van der Waals surface area contributed by atoms with E-state index in [1.807, 2.05) is 32.0 Å². The molecule has 0 amide bonds. The Labute approximate surface area is 186 Å². The van der Waals surface area contributed by atoms with Gasteiger partial charge in [-0.25, -0.2) is 19.3 Å². The lowest BCUT2D eigenvalue weighted by molar-refractivity contribution is -0.285. The fourth-order valence-electron chi connectivity index (χ4n) is 2.48. The Bertz CT molecular complexity index is 1080. The number of benzene rings is 1. The van der Waals surface area contributed by atoms with Gasteiger partial charge < -0.3 is 10.3 Å². The summed E-state index contributed by atoms with van der Waals surface area (Å²) in [6, 6.07) is 5.69. The molecular formula is C15H14BrClFN7O2S2. The Morgan fingerprint density at radius 3 is 2.79 bits per heavy atom. The summed E-state index contributed by atoms with van der Waals surface area (Å²) < 4.78 is 8.67. The number of nitrogens with two attached hydrogens (primary N) is 1. The quantitative estimate of drug-likeness (QED) is 0.133. The van der Waals surface area contributed by atoms with Crippen molar-refractivity contribution in [1.82, 2.24) is 19.9 Å². The van der Waals surface area contributed by atoms with Gasteiger partial charge >= 0.3 is 0 Å². The molecule has 0 aliphatic carbocycles. The van der Waals surface area contributed by atoms with Gasteiger partial charge in [0.15, 0.2) is 17.3 Å². The van der Waals surface area contributed by atoms with E-state index in [2.05, 4.69) is 41.2 Å². The Morgan fingerprint density at radius 2 is 2.14 bits per heavy atom. The minimum absolute atomic E-state index is 0.0314. The van der Waals surface area contributed by atoms with Gasteiger partial charge in [0.1, 0.15) is 9.85 Å². The number of imidazole rings is 1. The number of aryl methyl sites for hydroxylation is 1. The zero-order chi connectivity index (χ0) is 21.4. The molecule has 0 radical (unpaired) electrons. The first-order valence-electron chi connectivity index (χ1n) is 7.92. The summed E-state index contributed by atoms with van der Waals surface area (Å²) >= 11 is 8.42. The maximum Gasteiger partial charge on any atom is 0.287 e. The van der Waals surface area contributed by atoms with Gasteiger partial charge in [-0.05, 0) is 58.7 Å². The van der Waals surface area contributed by atoms with Crippen LogP contribution in [-0.4, -0.2) is 27.6 Å². The number of rotatable bonds is 7. The maximum absolute atomic E-state index is 14.1. The molecule has 0 bridgehead atoms. The Kier molecular flexibility index (Phi) is 6.24. The van der Waals surface area contributed by atoms with Crippen LogP contribution in [0.3, 0.4) is 0 Å². The number of nitro groups is 1. The molecule has 0 aliphatic rings. The summed E-state index contributed by atoms with van der Waals surface area (Å²) in [7, 11) is 0. The average molecular weight is 523 g/mol. The van der Waals surface area contributed by atoms with Crippen molar-refractivity contribution in [2.24, 2.45) is 5.73 Å². The highest BCUT2D eigenvalue weighted by Gasteiger charge is 2.48. The second-order valence-electron chi connectivity index (χ2n) is 5.90. The second kappa shape index (κ2) is 8.22. The van der Waals surface area contributed by atoms with Crippen LogP contribution in [0.4, 0.5) is 15.9 Å². The normalized spacial score (nSPS) is 15.7. The lowest BCUT2D eigenvalue weighted by Crippen LogP contribution is -2.35. The van der Waals surface area contributed by atoms with Crippen molar-refractivity contribution in [2.45, 2.75) is 21.4 Å². The van der Waals surface area contributed by atoms with E-state index >= 15 is 0 Å². The zero-order valence-corrected chi connectivity index (χ0v) is 18.9. The van der Waals surface area contributed by atoms with Crippen molar-refractivity contribution in [3.8, 4) is 0 Å². The van der Waals surface area contributed by atoms with Crippen LogP contribution < -0.4 is 11.1 Å². The molecule has 1 aromatic carbocycles. The number of aromatic amines is 1. The molecule has 4 N–H and O–H groups in total. The van der Waals surface area contributed by atoms with Crippen LogP contribution in [0.2, 0.25) is 0 Å². The molecule has 0 spiro atoms. The summed E-state index contributed by atoms with van der Waals surface area (Å²) in [5.41, 5.74) is 9.59. The number of hydrogen-bond acceptors (Lipinski definition) is 9. The van der Waals surface area contributed by atoms with Crippen molar-refractivity contribution in [2.75, 3.05) is 5.32 Å². The van der Waals surface area contributed by atoms with Gasteiger partial charge in [0.25, 0.3) is 15.3 Å². The molecule has 2 aromatic heterocycles. The highest BCUT2D eigenvalue weighted by molar-refractivity contribution is 9.12. The number of nitrogens with zero attached hydrogens (tertiary/aromatic N) is 4. The van der Waals surface area contributed by atoms with E-state index < -0.39 is 11.9 Å². The molecule has 3 aromatic rings. The van der Waals surface area contributed by atoms with E-state index in [4.69, 9.17) is 17.3 Å². The largest absolute Gasteiger partial charge is 0.340 e. The van der Waals surface area contributed by atoms with Crippen molar-refractivity contribution in [3.63, 3.8) is 0 Å². The van der Waals surface area contributed by atoms with Gasteiger partial charge in [-0.1, -0.05) is 23.7 Å². The van der Waals surface area contributed by atoms with E-state index in [-0.39, 0.29) is 41.0 Å².